The van der Waals surface area contributed by atoms with E-state index in [1.807, 2.05) is 19.6 Å². The average molecular weight is 377 g/mol. The van der Waals surface area contributed by atoms with Crippen LogP contribution in [0, 0.1) is 28.9 Å². The zero-order valence-corrected chi connectivity index (χ0v) is 15.8. The molecular formula is C19H18F3NO2Si. The van der Waals surface area contributed by atoms with Crippen molar-refractivity contribution < 1.29 is 22.7 Å². The SMILES string of the molecule is COC(=O)c1cc(C#C[Si](C)(C)C)c(F)c(F)c1Nc1ccccc1F. The summed E-state index contributed by atoms with van der Waals surface area (Å²) < 4.78 is 47.6. The number of carbonyl (C=O) groups excluding carboxylic acids is 1. The lowest BCUT2D eigenvalue weighted by atomic mass is 10.1. The van der Waals surface area contributed by atoms with Crippen LogP contribution in [0.5, 0.6) is 0 Å². The third-order valence-corrected chi connectivity index (χ3v) is 4.19. The molecule has 0 saturated heterocycles. The molecule has 0 aliphatic rings. The average Bonchev–Trinajstić information content (AvgIpc) is 2.58. The first-order chi connectivity index (χ1) is 12.1. The molecular weight excluding hydrogens is 359 g/mol. The molecule has 2 aromatic carbocycles. The molecule has 0 amide bonds. The normalized spacial score (nSPS) is 10.7. The lowest BCUT2D eigenvalue weighted by Crippen LogP contribution is -2.16. The highest BCUT2D eigenvalue weighted by Gasteiger charge is 2.23. The monoisotopic (exact) mass is 377 g/mol. The Morgan fingerprint density at radius 1 is 1.12 bits per heavy atom. The number of benzene rings is 2. The molecule has 0 fully saturated rings. The molecule has 0 bridgehead atoms. The van der Waals surface area contributed by atoms with Gasteiger partial charge in [-0.3, -0.25) is 0 Å². The van der Waals surface area contributed by atoms with E-state index in [2.05, 4.69) is 21.5 Å². The Morgan fingerprint density at radius 2 is 1.77 bits per heavy atom. The second-order valence-corrected chi connectivity index (χ2v) is 11.3. The van der Waals surface area contributed by atoms with Gasteiger partial charge in [-0.1, -0.05) is 37.7 Å². The molecule has 0 aliphatic carbocycles. The highest BCUT2D eigenvalue weighted by molar-refractivity contribution is 6.83. The minimum absolute atomic E-state index is 0.100. The van der Waals surface area contributed by atoms with Gasteiger partial charge in [0, 0.05) is 0 Å². The minimum Gasteiger partial charge on any atom is -0.465 e. The van der Waals surface area contributed by atoms with Crippen molar-refractivity contribution in [2.75, 3.05) is 12.4 Å². The third kappa shape index (κ3) is 4.46. The Morgan fingerprint density at radius 3 is 2.35 bits per heavy atom. The van der Waals surface area contributed by atoms with E-state index >= 15 is 0 Å². The van der Waals surface area contributed by atoms with Crippen LogP contribution in [0.4, 0.5) is 24.5 Å². The van der Waals surface area contributed by atoms with Gasteiger partial charge in [0.2, 0.25) is 0 Å². The Bertz CT molecular complexity index is 911. The number of hydrogen-bond donors (Lipinski definition) is 1. The van der Waals surface area contributed by atoms with Crippen LogP contribution < -0.4 is 5.32 Å². The molecule has 0 aliphatic heterocycles. The maximum atomic E-state index is 14.6. The second kappa shape index (κ2) is 7.66. The molecule has 1 N–H and O–H groups in total. The van der Waals surface area contributed by atoms with Gasteiger partial charge in [-0.05, 0) is 18.2 Å². The van der Waals surface area contributed by atoms with Crippen LogP contribution in [0.3, 0.4) is 0 Å². The van der Waals surface area contributed by atoms with Gasteiger partial charge in [-0.25, -0.2) is 18.0 Å². The fraction of sp³-hybridized carbons (Fsp3) is 0.211. The molecule has 0 saturated carbocycles. The molecule has 136 valence electrons. The van der Waals surface area contributed by atoms with Crippen LogP contribution in [-0.2, 0) is 4.74 Å². The molecule has 3 nitrogen and oxygen atoms in total. The predicted molar refractivity (Wildman–Crippen MR) is 97.6 cm³/mol. The van der Waals surface area contributed by atoms with Crippen molar-refractivity contribution in [1.29, 1.82) is 0 Å². The van der Waals surface area contributed by atoms with Crippen molar-refractivity contribution in [2.45, 2.75) is 19.6 Å². The Kier molecular flexibility index (Phi) is 5.78. The molecule has 0 heterocycles. The van der Waals surface area contributed by atoms with Gasteiger partial charge in [-0.2, -0.15) is 0 Å². The van der Waals surface area contributed by atoms with Crippen LogP contribution >= 0.6 is 0 Å². The summed E-state index contributed by atoms with van der Waals surface area (Å²) in [7, 11) is -0.732. The summed E-state index contributed by atoms with van der Waals surface area (Å²) in [5, 5.41) is 2.43. The Balaban J connectivity index is 2.64. The van der Waals surface area contributed by atoms with Crippen LogP contribution in [-0.4, -0.2) is 21.2 Å². The van der Waals surface area contributed by atoms with Crippen molar-refractivity contribution in [3.63, 3.8) is 0 Å². The topological polar surface area (TPSA) is 38.3 Å². The summed E-state index contributed by atoms with van der Waals surface area (Å²) in [6.07, 6.45) is 0. The molecule has 7 heteroatoms. The summed E-state index contributed by atoms with van der Waals surface area (Å²) >= 11 is 0. The zero-order chi connectivity index (χ0) is 19.5. The second-order valence-electron chi connectivity index (χ2n) is 6.57. The predicted octanol–water partition coefficient (Wildman–Crippen LogP) is 4.86. The maximum absolute atomic E-state index is 14.6. The molecule has 0 spiro atoms. The molecule has 0 unspecified atom stereocenters. The van der Waals surface area contributed by atoms with Crippen LogP contribution in [0.25, 0.3) is 0 Å². The van der Waals surface area contributed by atoms with Gasteiger partial charge >= 0.3 is 5.97 Å². The smallest absolute Gasteiger partial charge is 0.340 e. The van der Waals surface area contributed by atoms with Crippen molar-refractivity contribution in [1.82, 2.24) is 0 Å². The zero-order valence-electron chi connectivity index (χ0n) is 14.8. The number of ether oxygens (including phenoxy) is 1. The molecule has 2 rings (SSSR count). The lowest BCUT2D eigenvalue weighted by molar-refractivity contribution is 0.0601. The first-order valence-electron chi connectivity index (χ1n) is 7.79. The van der Waals surface area contributed by atoms with Crippen molar-refractivity contribution in [2.24, 2.45) is 0 Å². The van der Waals surface area contributed by atoms with E-state index < -0.39 is 37.2 Å². The minimum atomic E-state index is -1.85. The summed E-state index contributed by atoms with van der Waals surface area (Å²) in [6, 6.07) is 6.58. The quantitative estimate of drug-likeness (QED) is 0.471. The summed E-state index contributed by atoms with van der Waals surface area (Å²) in [5.41, 5.74) is 1.80. The van der Waals surface area contributed by atoms with Gasteiger partial charge < -0.3 is 10.1 Å². The van der Waals surface area contributed by atoms with Gasteiger partial charge in [-0.15, -0.1) is 5.54 Å². The van der Waals surface area contributed by atoms with E-state index in [1.54, 1.807) is 0 Å². The summed E-state index contributed by atoms with van der Waals surface area (Å²) in [5.74, 6) is -1.49. The number of anilines is 2. The lowest BCUT2D eigenvalue weighted by Gasteiger charge is -2.14. The number of methoxy groups -OCH3 is 1. The number of esters is 1. The summed E-state index contributed by atoms with van der Waals surface area (Å²) in [6.45, 7) is 5.84. The first kappa shape index (κ1) is 19.6. The fourth-order valence-corrected chi connectivity index (χ4v) is 2.57. The largest absolute Gasteiger partial charge is 0.465 e. The number of hydrogen-bond acceptors (Lipinski definition) is 3. The number of halogens is 3. The molecule has 0 atom stereocenters. The van der Waals surface area contributed by atoms with E-state index in [1.165, 1.54) is 18.2 Å². The van der Waals surface area contributed by atoms with Crippen molar-refractivity contribution >= 4 is 25.4 Å². The van der Waals surface area contributed by atoms with Crippen LogP contribution in [0.1, 0.15) is 15.9 Å². The molecule has 0 aromatic heterocycles. The highest BCUT2D eigenvalue weighted by Crippen LogP contribution is 2.30. The first-order valence-corrected chi connectivity index (χ1v) is 11.3. The maximum Gasteiger partial charge on any atom is 0.340 e. The molecule has 2 aromatic rings. The van der Waals surface area contributed by atoms with Crippen LogP contribution in [0.2, 0.25) is 19.6 Å². The Hall–Kier alpha value is -2.72. The van der Waals surface area contributed by atoms with E-state index in [4.69, 9.17) is 0 Å². The number of para-hydroxylation sites is 1. The fourth-order valence-electron chi connectivity index (χ4n) is 2.06. The van der Waals surface area contributed by atoms with Crippen molar-refractivity contribution in [3.8, 4) is 11.5 Å². The van der Waals surface area contributed by atoms with Gasteiger partial charge in [0.25, 0.3) is 0 Å². The van der Waals surface area contributed by atoms with E-state index in [0.717, 1.165) is 19.2 Å². The number of nitrogens with one attached hydrogen (secondary N) is 1. The van der Waals surface area contributed by atoms with Crippen LogP contribution in [0.15, 0.2) is 30.3 Å². The highest BCUT2D eigenvalue weighted by atomic mass is 28.3. The summed E-state index contributed by atoms with van der Waals surface area (Å²) in [4.78, 5) is 12.0. The number of carbonyl (C=O) groups is 1. The van der Waals surface area contributed by atoms with E-state index in [9.17, 15) is 18.0 Å². The van der Waals surface area contributed by atoms with Gasteiger partial charge in [0.05, 0.1) is 29.6 Å². The molecule has 0 radical (unpaired) electrons. The Labute approximate surface area is 151 Å². The van der Waals surface area contributed by atoms with E-state index in [-0.39, 0.29) is 16.8 Å². The standard InChI is InChI=1S/C19H18F3NO2Si/c1-25-19(24)13-11-12(9-10-26(2,3)4)16(21)17(22)18(13)23-15-8-6-5-7-14(15)20/h5-8,11,23H,1-4H3. The van der Waals surface area contributed by atoms with Crippen molar-refractivity contribution in [3.05, 3.63) is 58.9 Å². The third-order valence-electron chi connectivity index (χ3n) is 3.32. The van der Waals surface area contributed by atoms with E-state index in [0.29, 0.717) is 0 Å². The molecule has 26 heavy (non-hydrogen) atoms. The van der Waals surface area contributed by atoms with Gasteiger partial charge in [0.1, 0.15) is 13.9 Å². The van der Waals surface area contributed by atoms with Gasteiger partial charge in [0.15, 0.2) is 11.6 Å². The number of rotatable bonds is 3.